The van der Waals surface area contributed by atoms with E-state index >= 15 is 0 Å². The number of carbonyl (C=O) groups is 2. The minimum absolute atomic E-state index is 0.327. The van der Waals surface area contributed by atoms with Crippen molar-refractivity contribution < 1.29 is 19.8 Å². The molecule has 19 heavy (non-hydrogen) atoms. The molecule has 4 nitrogen and oxygen atoms in total. The van der Waals surface area contributed by atoms with Crippen LogP contribution in [0.15, 0.2) is 0 Å². The van der Waals surface area contributed by atoms with E-state index in [0.29, 0.717) is 25.9 Å². The van der Waals surface area contributed by atoms with Gasteiger partial charge in [-0.1, -0.05) is 39.5 Å². The van der Waals surface area contributed by atoms with Gasteiger partial charge in [0.2, 0.25) is 0 Å². The van der Waals surface area contributed by atoms with Crippen molar-refractivity contribution in [2.75, 3.05) is 0 Å². The van der Waals surface area contributed by atoms with Gasteiger partial charge in [-0.15, -0.1) is 0 Å². The fraction of sp³-hybridized carbons (Fsp3) is 0.833. The average molecular weight is 614 g/mol. The van der Waals surface area contributed by atoms with Crippen LogP contribution in [0.4, 0.5) is 0 Å². The summed E-state index contributed by atoms with van der Waals surface area (Å²) in [7, 11) is 0. The molecule has 0 bridgehead atoms. The first-order chi connectivity index (χ1) is 8.95. The molecule has 0 spiro atoms. The second-order valence-corrected chi connectivity index (χ2v) is 21.3. The van der Waals surface area contributed by atoms with Crippen LogP contribution in [-0.4, -0.2) is 35.2 Å². The van der Waals surface area contributed by atoms with Crippen LogP contribution in [0.5, 0.6) is 0 Å². The van der Waals surface area contributed by atoms with E-state index in [1.807, 2.05) is 0 Å². The molecule has 0 atom stereocenters. The number of carboxylic acids is 2. The molecule has 0 rings (SSSR count). The maximum atomic E-state index is 9.87. The van der Waals surface area contributed by atoms with E-state index in [1.165, 1.54) is 0 Å². The van der Waals surface area contributed by atoms with Crippen LogP contribution in [0.25, 0.3) is 0 Å². The minimum atomic E-state index is -0.682. The Kier molecular flexibility index (Phi) is 32.1. The quantitative estimate of drug-likeness (QED) is 0.237. The van der Waals surface area contributed by atoms with Gasteiger partial charge in [-0.2, -0.15) is 0 Å². The van der Waals surface area contributed by atoms with Gasteiger partial charge in [0.1, 0.15) is 0 Å². The van der Waals surface area contributed by atoms with Crippen LogP contribution in [0.3, 0.4) is 0 Å². The Morgan fingerprint density at radius 1 is 0.842 bits per heavy atom. The third-order valence-corrected chi connectivity index (χ3v) is 1.99. The van der Waals surface area contributed by atoms with Crippen LogP contribution in [0.1, 0.15) is 65.2 Å². The molecule has 0 aromatic rings. The molecule has 0 radical (unpaired) electrons. The summed E-state index contributed by atoms with van der Waals surface area (Å²) >= 11 is 5.22. The van der Waals surface area contributed by atoms with Gasteiger partial charge in [0.15, 0.2) is 0 Å². The Morgan fingerprint density at radius 2 is 1.11 bits per heavy atom. The van der Waals surface area contributed by atoms with Crippen LogP contribution < -0.4 is 0 Å². The standard InChI is InChI=1S/2C6H12O2.I2Te/c2*1-2-3-4-5-6(7)8;1-3-2/h2*2-5H2,1H3,(H,7,8);. The zero-order valence-corrected chi connectivity index (χ0v) is 18.2. The Balaban J connectivity index is -0.000000224. The Bertz CT molecular complexity index is 184. The number of unbranched alkanes of at least 4 members (excludes halogenated alkanes) is 4. The van der Waals surface area contributed by atoms with Crippen molar-refractivity contribution >= 4 is 62.4 Å². The van der Waals surface area contributed by atoms with Gasteiger partial charge in [-0.25, -0.2) is 0 Å². The fourth-order valence-corrected chi connectivity index (χ4v) is 1.05. The first-order valence-electron chi connectivity index (χ1n) is 6.29. The first-order valence-corrected chi connectivity index (χ1v) is 19.9. The van der Waals surface area contributed by atoms with E-state index in [2.05, 4.69) is 51.2 Å². The van der Waals surface area contributed by atoms with Gasteiger partial charge >= 0.3 is 62.4 Å². The maximum absolute atomic E-state index is 9.87. The predicted molar refractivity (Wildman–Crippen MR) is 97.3 cm³/mol. The van der Waals surface area contributed by atoms with Crippen molar-refractivity contribution in [3.05, 3.63) is 0 Å². The van der Waals surface area contributed by atoms with Crippen molar-refractivity contribution in [3.8, 4) is 0 Å². The number of aliphatic carboxylic acids is 2. The number of carboxylic acid groups (broad SMARTS) is 2. The zero-order valence-electron chi connectivity index (χ0n) is 11.5. The van der Waals surface area contributed by atoms with Gasteiger partial charge in [0.25, 0.3) is 0 Å². The summed E-state index contributed by atoms with van der Waals surface area (Å²) in [5.74, 6) is -1.36. The second-order valence-electron chi connectivity index (χ2n) is 3.76. The Labute approximate surface area is 146 Å². The monoisotopic (exact) mass is 616 g/mol. The van der Waals surface area contributed by atoms with Crippen molar-refractivity contribution in [1.82, 2.24) is 0 Å². The van der Waals surface area contributed by atoms with E-state index in [4.69, 9.17) is 10.2 Å². The zero-order chi connectivity index (χ0) is 15.5. The number of halogens is 2. The molecule has 0 heterocycles. The third kappa shape index (κ3) is 45.3. The normalized spacial score (nSPS) is 8.63. The van der Waals surface area contributed by atoms with E-state index in [9.17, 15) is 9.59 Å². The second kappa shape index (κ2) is 24.2. The van der Waals surface area contributed by atoms with Crippen molar-refractivity contribution in [2.45, 2.75) is 65.2 Å². The molecule has 7 heteroatoms. The number of hydrogen-bond acceptors (Lipinski definition) is 2. The molecule has 0 unspecified atom stereocenters. The third-order valence-electron chi connectivity index (χ3n) is 1.99. The van der Waals surface area contributed by atoms with Crippen LogP contribution in [-0.2, 0) is 9.59 Å². The SMILES string of the molecule is CCCCCC(=O)O.CCCCCC(=O)O.I[Te]I. The van der Waals surface area contributed by atoms with Gasteiger partial charge in [-0.05, 0) is 12.8 Å². The van der Waals surface area contributed by atoms with E-state index < -0.39 is 11.9 Å². The summed E-state index contributed by atoms with van der Waals surface area (Å²) in [4.78, 5) is 19.7. The molecule has 0 aliphatic heterocycles. The van der Waals surface area contributed by atoms with Gasteiger partial charge in [-0.3, -0.25) is 9.59 Å². The molecule has 116 valence electrons. The van der Waals surface area contributed by atoms with Crippen molar-refractivity contribution in [3.63, 3.8) is 0 Å². The molecular formula is C12H24I2O4Te. The molecule has 0 aromatic heterocycles. The summed E-state index contributed by atoms with van der Waals surface area (Å²) < 4.78 is 0. The fourth-order valence-electron chi connectivity index (χ4n) is 1.05. The van der Waals surface area contributed by atoms with E-state index in [-0.39, 0.29) is 0 Å². The van der Waals surface area contributed by atoms with Gasteiger partial charge in [0, 0.05) is 12.8 Å². The Morgan fingerprint density at radius 3 is 1.26 bits per heavy atom. The molecule has 0 saturated heterocycles. The molecule has 0 aromatic carbocycles. The van der Waals surface area contributed by atoms with Crippen LogP contribution >= 0.6 is 37.4 Å². The molecule has 0 amide bonds. The molecule has 0 aliphatic carbocycles. The Hall–Kier alpha value is 1.19. The van der Waals surface area contributed by atoms with Crippen LogP contribution in [0, 0.1) is 0 Å². The summed E-state index contributed by atoms with van der Waals surface area (Å²) in [5, 5.41) is 16.3. The summed E-state index contributed by atoms with van der Waals surface area (Å²) in [6, 6.07) is 0. The molecule has 2 N–H and O–H groups in total. The summed E-state index contributed by atoms with van der Waals surface area (Å²) in [5.41, 5.74) is 0. The topological polar surface area (TPSA) is 74.6 Å². The molecule has 0 saturated carbocycles. The molecule has 0 aliphatic rings. The molecule has 0 fully saturated rings. The summed E-state index contributed by atoms with van der Waals surface area (Å²) in [6.07, 6.45) is 6.55. The number of rotatable bonds is 8. The number of hydrogen-bond donors (Lipinski definition) is 2. The van der Waals surface area contributed by atoms with Crippen LogP contribution in [0.2, 0.25) is 0 Å². The average Bonchev–Trinajstić information content (AvgIpc) is 2.31. The molecular weight excluding hydrogens is 590 g/mol. The predicted octanol–water partition coefficient (Wildman–Crippen LogP) is 4.69. The van der Waals surface area contributed by atoms with Crippen molar-refractivity contribution in [2.24, 2.45) is 0 Å². The van der Waals surface area contributed by atoms with E-state index in [1.54, 1.807) is 0 Å². The van der Waals surface area contributed by atoms with Gasteiger partial charge < -0.3 is 10.2 Å². The van der Waals surface area contributed by atoms with Crippen molar-refractivity contribution in [1.29, 1.82) is 0 Å². The van der Waals surface area contributed by atoms with Gasteiger partial charge in [0.05, 0.1) is 0 Å². The summed E-state index contributed by atoms with van der Waals surface area (Å²) in [6.45, 7) is 4.11. The van der Waals surface area contributed by atoms with E-state index in [0.717, 1.165) is 38.5 Å². The first kappa shape index (κ1) is 25.2.